The van der Waals surface area contributed by atoms with Crippen LogP contribution in [0.25, 0.3) is 0 Å². The molecule has 2 heterocycles. The molecular weight excluding hydrogens is 262 g/mol. The zero-order valence-electron chi connectivity index (χ0n) is 11.8. The Morgan fingerprint density at radius 3 is 3.05 bits per heavy atom. The first-order valence-corrected chi connectivity index (χ1v) is 7.53. The van der Waals surface area contributed by atoms with Crippen LogP contribution >= 0.6 is 11.5 Å². The van der Waals surface area contributed by atoms with E-state index in [1.165, 1.54) is 18.6 Å². The van der Waals surface area contributed by atoms with Crippen molar-refractivity contribution in [3.8, 4) is 0 Å². The number of piperidine rings is 1. The zero-order valence-corrected chi connectivity index (χ0v) is 12.6. The molecule has 0 aromatic carbocycles. The highest BCUT2D eigenvalue weighted by molar-refractivity contribution is 7.09. The van der Waals surface area contributed by atoms with Gasteiger partial charge in [-0.15, -0.1) is 0 Å². The van der Waals surface area contributed by atoms with Gasteiger partial charge in [0.15, 0.2) is 0 Å². The maximum absolute atomic E-state index is 11.6. The van der Waals surface area contributed by atoms with Crippen LogP contribution in [-0.2, 0) is 16.0 Å². The average Bonchev–Trinajstić information content (AvgIpc) is 2.85. The minimum absolute atomic E-state index is 0.0313. The molecule has 0 N–H and O–H groups in total. The van der Waals surface area contributed by atoms with Gasteiger partial charge in [-0.25, -0.2) is 4.98 Å². The number of anilines is 1. The van der Waals surface area contributed by atoms with Crippen LogP contribution in [-0.4, -0.2) is 35.5 Å². The van der Waals surface area contributed by atoms with E-state index in [1.807, 2.05) is 0 Å². The van der Waals surface area contributed by atoms with Gasteiger partial charge < -0.3 is 9.64 Å². The molecule has 1 aliphatic heterocycles. The van der Waals surface area contributed by atoms with Crippen molar-refractivity contribution in [2.24, 2.45) is 11.8 Å². The summed E-state index contributed by atoms with van der Waals surface area (Å²) in [7, 11) is 1.45. The summed E-state index contributed by atoms with van der Waals surface area (Å²) in [4.78, 5) is 18.3. The lowest BCUT2D eigenvalue weighted by Gasteiger charge is -2.30. The first-order valence-electron chi connectivity index (χ1n) is 6.75. The van der Waals surface area contributed by atoms with Crippen molar-refractivity contribution in [1.82, 2.24) is 9.36 Å². The fourth-order valence-electron chi connectivity index (χ4n) is 2.33. The Kier molecular flexibility index (Phi) is 4.74. The fraction of sp³-hybridized carbons (Fsp3) is 0.769. The molecule has 19 heavy (non-hydrogen) atoms. The Hall–Kier alpha value is -1.17. The lowest BCUT2D eigenvalue weighted by atomic mass is 9.99. The van der Waals surface area contributed by atoms with Gasteiger partial charge in [0.25, 0.3) is 0 Å². The van der Waals surface area contributed by atoms with Crippen molar-refractivity contribution in [3.63, 3.8) is 0 Å². The molecule has 0 radical (unpaired) electrons. The highest BCUT2D eigenvalue weighted by Crippen LogP contribution is 2.25. The van der Waals surface area contributed by atoms with E-state index in [1.54, 1.807) is 0 Å². The summed E-state index contributed by atoms with van der Waals surface area (Å²) in [6.45, 7) is 5.97. The zero-order chi connectivity index (χ0) is 13.8. The number of nitrogens with zero attached hydrogens (tertiary/aromatic N) is 3. The summed E-state index contributed by atoms with van der Waals surface area (Å²) in [5.74, 6) is 1.33. The molecule has 0 unspecified atom stereocenters. The standard InChI is InChI=1S/C13H21N3O2S/c1-9(2)7-11-14-13(19-15-11)16-6-4-5-10(8-16)12(17)18-3/h9-10H,4-8H2,1-3H3/t10-/m0/s1. The number of carbonyl (C=O) groups is 1. The first kappa shape index (κ1) is 14.2. The summed E-state index contributed by atoms with van der Waals surface area (Å²) < 4.78 is 9.23. The number of aromatic nitrogens is 2. The number of esters is 1. The van der Waals surface area contributed by atoms with Crippen molar-refractivity contribution in [3.05, 3.63) is 5.82 Å². The number of methoxy groups -OCH3 is 1. The first-order chi connectivity index (χ1) is 9.10. The van der Waals surface area contributed by atoms with E-state index in [9.17, 15) is 4.79 Å². The average molecular weight is 283 g/mol. The van der Waals surface area contributed by atoms with E-state index < -0.39 is 0 Å². The third-order valence-electron chi connectivity index (χ3n) is 3.27. The van der Waals surface area contributed by atoms with Crippen molar-refractivity contribution in [2.75, 3.05) is 25.1 Å². The molecule has 6 heteroatoms. The van der Waals surface area contributed by atoms with Crippen LogP contribution in [0, 0.1) is 11.8 Å². The molecule has 106 valence electrons. The van der Waals surface area contributed by atoms with E-state index in [2.05, 4.69) is 28.1 Å². The van der Waals surface area contributed by atoms with Crippen molar-refractivity contribution in [2.45, 2.75) is 33.1 Å². The second kappa shape index (κ2) is 6.32. The Bertz CT molecular complexity index is 433. The molecule has 1 saturated heterocycles. The highest BCUT2D eigenvalue weighted by atomic mass is 32.1. The van der Waals surface area contributed by atoms with Crippen LogP contribution in [0.5, 0.6) is 0 Å². The molecule has 1 aromatic heterocycles. The van der Waals surface area contributed by atoms with Crippen LogP contribution in [0.3, 0.4) is 0 Å². The second-order valence-corrected chi connectivity index (χ2v) is 6.13. The summed E-state index contributed by atoms with van der Waals surface area (Å²) in [5.41, 5.74) is 0. The predicted octanol–water partition coefficient (Wildman–Crippen LogP) is 2.13. The van der Waals surface area contributed by atoms with Crippen molar-refractivity contribution < 1.29 is 9.53 Å². The minimum atomic E-state index is -0.114. The monoisotopic (exact) mass is 283 g/mol. The highest BCUT2D eigenvalue weighted by Gasteiger charge is 2.28. The molecule has 0 bridgehead atoms. The molecule has 0 saturated carbocycles. The Morgan fingerprint density at radius 1 is 1.58 bits per heavy atom. The van der Waals surface area contributed by atoms with Gasteiger partial charge in [-0.3, -0.25) is 4.79 Å². The Morgan fingerprint density at radius 2 is 2.37 bits per heavy atom. The largest absolute Gasteiger partial charge is 0.469 e. The van der Waals surface area contributed by atoms with Gasteiger partial charge in [-0.1, -0.05) is 13.8 Å². The maximum Gasteiger partial charge on any atom is 0.310 e. The SMILES string of the molecule is COC(=O)[C@H]1CCCN(c2nc(CC(C)C)ns2)C1. The number of carbonyl (C=O) groups excluding carboxylic acids is 1. The van der Waals surface area contributed by atoms with Crippen LogP contribution < -0.4 is 4.90 Å². The second-order valence-electron chi connectivity index (χ2n) is 5.40. The van der Waals surface area contributed by atoms with Gasteiger partial charge in [0.1, 0.15) is 5.82 Å². The minimum Gasteiger partial charge on any atom is -0.469 e. The lowest BCUT2D eigenvalue weighted by Crippen LogP contribution is -2.39. The van der Waals surface area contributed by atoms with Gasteiger partial charge in [-0.2, -0.15) is 4.37 Å². The van der Waals surface area contributed by atoms with Crippen molar-refractivity contribution >= 4 is 22.6 Å². The number of hydrogen-bond donors (Lipinski definition) is 0. The number of ether oxygens (including phenoxy) is 1. The van der Waals surface area contributed by atoms with E-state index in [-0.39, 0.29) is 11.9 Å². The summed E-state index contributed by atoms with van der Waals surface area (Å²) in [5, 5.41) is 0.934. The van der Waals surface area contributed by atoms with Gasteiger partial charge in [0.2, 0.25) is 5.13 Å². The van der Waals surface area contributed by atoms with E-state index in [0.29, 0.717) is 12.5 Å². The molecular formula is C13H21N3O2S. The normalized spacial score (nSPS) is 19.8. The Balaban J connectivity index is 2.01. The summed E-state index contributed by atoms with van der Waals surface area (Å²) >= 11 is 1.43. The molecule has 5 nitrogen and oxygen atoms in total. The van der Waals surface area contributed by atoms with Crippen molar-refractivity contribution in [1.29, 1.82) is 0 Å². The molecule has 1 aliphatic rings. The Labute approximate surface area is 118 Å². The maximum atomic E-state index is 11.6. The molecule has 1 fully saturated rings. The summed E-state index contributed by atoms with van der Waals surface area (Å²) in [6.07, 6.45) is 2.81. The quantitative estimate of drug-likeness (QED) is 0.792. The summed E-state index contributed by atoms with van der Waals surface area (Å²) in [6, 6.07) is 0. The van der Waals surface area contributed by atoms with E-state index in [4.69, 9.17) is 4.74 Å². The molecule has 1 atom stereocenters. The molecule has 0 amide bonds. The van der Waals surface area contributed by atoms with Crippen LogP contribution in [0.4, 0.5) is 5.13 Å². The topological polar surface area (TPSA) is 55.3 Å². The van der Waals surface area contributed by atoms with Gasteiger partial charge in [0, 0.05) is 31.0 Å². The lowest BCUT2D eigenvalue weighted by molar-refractivity contribution is -0.145. The van der Waals surface area contributed by atoms with Crippen LogP contribution in [0.15, 0.2) is 0 Å². The van der Waals surface area contributed by atoms with Gasteiger partial charge >= 0.3 is 5.97 Å². The fourth-order valence-corrected chi connectivity index (χ4v) is 3.06. The van der Waals surface area contributed by atoms with E-state index in [0.717, 1.165) is 36.8 Å². The van der Waals surface area contributed by atoms with Crippen LogP contribution in [0.1, 0.15) is 32.5 Å². The number of rotatable bonds is 4. The number of hydrogen-bond acceptors (Lipinski definition) is 6. The predicted molar refractivity (Wildman–Crippen MR) is 75.4 cm³/mol. The molecule has 0 aliphatic carbocycles. The van der Waals surface area contributed by atoms with Gasteiger partial charge in [-0.05, 0) is 18.8 Å². The third kappa shape index (κ3) is 3.65. The molecule has 0 spiro atoms. The third-order valence-corrected chi connectivity index (χ3v) is 4.09. The van der Waals surface area contributed by atoms with Gasteiger partial charge in [0.05, 0.1) is 13.0 Å². The van der Waals surface area contributed by atoms with Crippen LogP contribution in [0.2, 0.25) is 0 Å². The molecule has 1 aromatic rings. The molecule has 2 rings (SSSR count). The van der Waals surface area contributed by atoms with E-state index >= 15 is 0 Å². The smallest absolute Gasteiger partial charge is 0.310 e.